The van der Waals surface area contributed by atoms with Gasteiger partial charge in [0.05, 0.1) is 13.2 Å². The van der Waals surface area contributed by atoms with Gasteiger partial charge in [0, 0.05) is 19.4 Å². The van der Waals surface area contributed by atoms with E-state index in [0.717, 1.165) is 122 Å². The molecule has 0 fully saturated rings. The number of allylic oxidation sites excluding steroid dienone is 22. The van der Waals surface area contributed by atoms with E-state index in [1.807, 2.05) is 0 Å². The fourth-order valence-corrected chi connectivity index (χ4v) is 7.08. The molecule has 0 aromatic carbocycles. The first-order valence-corrected chi connectivity index (χ1v) is 27.2. The first-order valence-electron chi connectivity index (χ1n) is 25.7. The van der Waals surface area contributed by atoms with E-state index in [0.29, 0.717) is 12.8 Å². The van der Waals surface area contributed by atoms with Gasteiger partial charge in [-0.25, -0.2) is 4.57 Å². The molecule has 10 heteroatoms. The van der Waals surface area contributed by atoms with Crippen LogP contribution in [0.4, 0.5) is 0 Å². The monoisotopic (exact) mass is 950 g/mol. The number of carbonyl (C=O) groups is 2. The molecule has 0 rings (SSSR count). The third-order valence-electron chi connectivity index (χ3n) is 10.0. The van der Waals surface area contributed by atoms with Gasteiger partial charge in [0.2, 0.25) is 0 Å². The zero-order chi connectivity index (χ0) is 48.8. The first-order chi connectivity index (χ1) is 32.8. The summed E-state index contributed by atoms with van der Waals surface area (Å²) in [5, 5.41) is 0. The van der Waals surface area contributed by atoms with E-state index in [1.165, 1.54) is 19.3 Å². The summed E-state index contributed by atoms with van der Waals surface area (Å²) in [6.07, 6.45) is 72.0. The van der Waals surface area contributed by atoms with Crippen LogP contribution in [0.25, 0.3) is 0 Å². The highest BCUT2D eigenvalue weighted by Gasteiger charge is 2.26. The van der Waals surface area contributed by atoms with Gasteiger partial charge >= 0.3 is 19.8 Å². The Morgan fingerprint density at radius 1 is 0.448 bits per heavy atom. The maximum absolute atomic E-state index is 12.7. The predicted octanol–water partition coefficient (Wildman–Crippen LogP) is 15.8. The summed E-state index contributed by atoms with van der Waals surface area (Å²) >= 11 is 0. The van der Waals surface area contributed by atoms with Gasteiger partial charge in [-0.15, -0.1) is 0 Å². The number of unbranched alkanes of at least 4 members (excludes halogenated alkanes) is 11. The van der Waals surface area contributed by atoms with Crippen molar-refractivity contribution in [3.05, 3.63) is 134 Å². The van der Waals surface area contributed by atoms with Gasteiger partial charge in [0.1, 0.15) is 6.61 Å². The van der Waals surface area contributed by atoms with Crippen molar-refractivity contribution in [1.29, 1.82) is 0 Å². The molecule has 0 aromatic heterocycles. The molecule has 0 radical (unpaired) electrons. The maximum atomic E-state index is 12.7. The van der Waals surface area contributed by atoms with E-state index in [9.17, 15) is 19.0 Å². The molecule has 0 aromatic rings. The molecule has 0 bridgehead atoms. The molecule has 0 aliphatic carbocycles. The Kier molecular flexibility index (Phi) is 48.6. The van der Waals surface area contributed by atoms with Crippen LogP contribution in [-0.2, 0) is 32.7 Å². The minimum absolute atomic E-state index is 0.0393. The van der Waals surface area contributed by atoms with Gasteiger partial charge in [0.15, 0.2) is 6.10 Å². The van der Waals surface area contributed by atoms with Crippen LogP contribution in [0.3, 0.4) is 0 Å². The third kappa shape index (κ3) is 51.4. The molecular formula is C57H92NO8P. The SMILES string of the molecule is CC/C=C\C/C=C\C/C=C\C/C=C\C/C=C\C/C=C\C/C=C\C/C=C\CCCCCCC(=O)OC(COC(=O)CCCCCCCCC/C=C\C/C=C\C/C=C\CC)COP(=O)(O)OCCN. The average molecular weight is 950 g/mol. The summed E-state index contributed by atoms with van der Waals surface area (Å²) in [6.45, 7) is 3.45. The number of hydrogen-bond acceptors (Lipinski definition) is 8. The zero-order valence-corrected chi connectivity index (χ0v) is 42.7. The Labute approximate surface area is 408 Å². The van der Waals surface area contributed by atoms with Gasteiger partial charge in [-0.2, -0.15) is 0 Å². The van der Waals surface area contributed by atoms with E-state index in [-0.39, 0.29) is 32.6 Å². The minimum Gasteiger partial charge on any atom is -0.462 e. The molecule has 0 aliphatic rings. The largest absolute Gasteiger partial charge is 0.472 e. The van der Waals surface area contributed by atoms with Crippen molar-refractivity contribution in [3.63, 3.8) is 0 Å². The highest BCUT2D eigenvalue weighted by Crippen LogP contribution is 2.43. The third-order valence-corrected chi connectivity index (χ3v) is 11.0. The van der Waals surface area contributed by atoms with Gasteiger partial charge in [-0.3, -0.25) is 18.6 Å². The highest BCUT2D eigenvalue weighted by atomic mass is 31.2. The lowest BCUT2D eigenvalue weighted by Gasteiger charge is -2.19. The van der Waals surface area contributed by atoms with Gasteiger partial charge < -0.3 is 20.1 Å². The van der Waals surface area contributed by atoms with Crippen LogP contribution in [0, 0.1) is 0 Å². The van der Waals surface area contributed by atoms with Gasteiger partial charge in [0.25, 0.3) is 0 Å². The summed E-state index contributed by atoms with van der Waals surface area (Å²) in [5.74, 6) is -0.882. The normalized spacial score (nSPS) is 14.3. The number of carbonyl (C=O) groups excluding carboxylic acids is 2. The average Bonchev–Trinajstić information content (AvgIpc) is 3.32. The number of hydrogen-bond donors (Lipinski definition) is 2. The molecule has 0 amide bonds. The Balaban J connectivity index is 4.17. The van der Waals surface area contributed by atoms with Crippen molar-refractivity contribution in [1.82, 2.24) is 0 Å². The molecule has 0 saturated heterocycles. The quantitative estimate of drug-likeness (QED) is 0.0265. The Bertz CT molecular complexity index is 1550. The Hall–Kier alpha value is -3.85. The second-order valence-electron chi connectivity index (χ2n) is 16.3. The lowest BCUT2D eigenvalue weighted by molar-refractivity contribution is -0.161. The number of rotatable bonds is 46. The zero-order valence-electron chi connectivity index (χ0n) is 41.8. The van der Waals surface area contributed by atoms with Crippen LogP contribution in [-0.4, -0.2) is 49.3 Å². The Morgan fingerprint density at radius 2 is 0.776 bits per heavy atom. The second kappa shape index (κ2) is 51.5. The van der Waals surface area contributed by atoms with E-state index < -0.39 is 32.5 Å². The number of ether oxygens (including phenoxy) is 2. The van der Waals surface area contributed by atoms with Crippen LogP contribution < -0.4 is 5.73 Å². The van der Waals surface area contributed by atoms with Crippen molar-refractivity contribution in [3.8, 4) is 0 Å². The standard InChI is InChI=1S/C57H92NO8P/c1-3-5-7-9-11-13-15-17-19-21-22-23-24-25-26-27-28-29-30-31-32-34-36-38-40-42-44-46-48-50-57(60)66-55(54-65-67(61,62)64-52-51-58)53-63-56(59)49-47-45-43-41-39-37-35-33-20-18-16-14-12-10-8-6-4-2/h5-8,11-14,17-20,22-23,25-26,28-29,31-32,36,38,55H,3-4,9-10,15-16,21,24,27,30,33-35,37,39-54,58H2,1-2H3,(H,61,62)/b7-5-,8-6-,13-11-,14-12-,19-17-,20-18-,23-22-,26-25-,29-28-,32-31-,38-36-. The summed E-state index contributed by atoms with van der Waals surface area (Å²) in [4.78, 5) is 35.1. The number of esters is 2. The first kappa shape index (κ1) is 63.1. The molecule has 3 N–H and O–H groups in total. The van der Waals surface area contributed by atoms with E-state index >= 15 is 0 Å². The van der Waals surface area contributed by atoms with Crippen molar-refractivity contribution in [2.45, 2.75) is 187 Å². The fourth-order valence-electron chi connectivity index (χ4n) is 6.31. The molecule has 2 unspecified atom stereocenters. The van der Waals surface area contributed by atoms with Crippen molar-refractivity contribution in [2.24, 2.45) is 5.73 Å². The molecule has 0 heterocycles. The summed E-state index contributed by atoms with van der Waals surface area (Å²) in [7, 11) is -4.40. The fraction of sp³-hybridized carbons (Fsp3) is 0.579. The number of nitrogens with two attached hydrogens (primary N) is 1. The van der Waals surface area contributed by atoms with Crippen LogP contribution in [0.15, 0.2) is 134 Å². The topological polar surface area (TPSA) is 134 Å². The molecule has 378 valence electrons. The van der Waals surface area contributed by atoms with Crippen molar-refractivity contribution >= 4 is 19.8 Å². The molecular weight excluding hydrogens is 858 g/mol. The lowest BCUT2D eigenvalue weighted by atomic mass is 10.1. The molecule has 0 saturated carbocycles. The van der Waals surface area contributed by atoms with Gasteiger partial charge in [-0.1, -0.05) is 192 Å². The smallest absolute Gasteiger partial charge is 0.462 e. The molecule has 0 spiro atoms. The van der Waals surface area contributed by atoms with Crippen molar-refractivity contribution < 1.29 is 37.6 Å². The number of phosphoric acid groups is 1. The maximum Gasteiger partial charge on any atom is 0.472 e. The van der Waals surface area contributed by atoms with Crippen LogP contribution in [0.5, 0.6) is 0 Å². The summed E-state index contributed by atoms with van der Waals surface area (Å²) in [5.41, 5.74) is 5.36. The van der Waals surface area contributed by atoms with Crippen molar-refractivity contribution in [2.75, 3.05) is 26.4 Å². The lowest BCUT2D eigenvalue weighted by Crippen LogP contribution is -2.29. The van der Waals surface area contributed by atoms with Crippen LogP contribution >= 0.6 is 7.82 Å². The summed E-state index contributed by atoms with van der Waals surface area (Å²) < 4.78 is 32.9. The van der Waals surface area contributed by atoms with E-state index in [1.54, 1.807) is 0 Å². The molecule has 2 atom stereocenters. The Morgan fingerprint density at radius 3 is 1.15 bits per heavy atom. The van der Waals surface area contributed by atoms with E-state index in [2.05, 4.69) is 148 Å². The molecule has 9 nitrogen and oxygen atoms in total. The minimum atomic E-state index is -4.40. The van der Waals surface area contributed by atoms with Gasteiger partial charge in [-0.05, 0) is 109 Å². The highest BCUT2D eigenvalue weighted by molar-refractivity contribution is 7.47. The van der Waals surface area contributed by atoms with Crippen LogP contribution in [0.2, 0.25) is 0 Å². The van der Waals surface area contributed by atoms with Crippen LogP contribution in [0.1, 0.15) is 181 Å². The number of phosphoric ester groups is 1. The molecule has 67 heavy (non-hydrogen) atoms. The summed E-state index contributed by atoms with van der Waals surface area (Å²) in [6, 6.07) is 0. The van der Waals surface area contributed by atoms with E-state index in [4.69, 9.17) is 24.3 Å². The molecule has 0 aliphatic heterocycles. The second-order valence-corrected chi connectivity index (χ2v) is 17.7. The predicted molar refractivity (Wildman–Crippen MR) is 284 cm³/mol.